The number of benzene rings is 1. The van der Waals surface area contributed by atoms with Crippen molar-refractivity contribution in [1.29, 1.82) is 0 Å². The molecule has 3 nitrogen and oxygen atoms in total. The van der Waals surface area contributed by atoms with Gasteiger partial charge in [0.05, 0.1) is 13.2 Å². The van der Waals surface area contributed by atoms with E-state index in [4.69, 9.17) is 15.2 Å². The van der Waals surface area contributed by atoms with Crippen LogP contribution in [0.15, 0.2) is 18.2 Å². The minimum atomic E-state index is -0.0904. The van der Waals surface area contributed by atoms with E-state index in [9.17, 15) is 0 Å². The molecule has 0 aliphatic rings. The Balaban J connectivity index is 2.93. The van der Waals surface area contributed by atoms with Gasteiger partial charge < -0.3 is 15.2 Å². The zero-order valence-electron chi connectivity index (χ0n) is 11.3. The van der Waals surface area contributed by atoms with Crippen molar-refractivity contribution >= 4 is 0 Å². The van der Waals surface area contributed by atoms with Crippen molar-refractivity contribution in [3.8, 4) is 23.3 Å². The highest BCUT2D eigenvalue weighted by Crippen LogP contribution is 2.30. The fourth-order valence-electron chi connectivity index (χ4n) is 1.63. The molecule has 1 aromatic rings. The van der Waals surface area contributed by atoms with E-state index in [1.54, 1.807) is 0 Å². The summed E-state index contributed by atoms with van der Waals surface area (Å²) in [6, 6.07) is 5.72. The van der Waals surface area contributed by atoms with E-state index in [1.807, 2.05) is 39.0 Å². The lowest BCUT2D eigenvalue weighted by molar-refractivity contribution is 0.287. The Morgan fingerprint density at radius 1 is 1.17 bits per heavy atom. The lowest BCUT2D eigenvalue weighted by Gasteiger charge is -2.14. The highest BCUT2D eigenvalue weighted by molar-refractivity contribution is 5.44. The Bertz CT molecular complexity index is 432. The molecule has 0 radical (unpaired) electrons. The molecule has 0 saturated carbocycles. The smallest absolute Gasteiger partial charge is 0.161 e. The number of hydrogen-bond donors (Lipinski definition) is 1. The quantitative estimate of drug-likeness (QED) is 0.786. The number of rotatable bonds is 6. The molecule has 0 aliphatic heterocycles. The molecule has 0 heterocycles. The molecule has 98 valence electrons. The van der Waals surface area contributed by atoms with Crippen LogP contribution in [0.2, 0.25) is 0 Å². The van der Waals surface area contributed by atoms with Crippen LogP contribution >= 0.6 is 0 Å². The normalized spacial score (nSPS) is 11.3. The highest BCUT2D eigenvalue weighted by Gasteiger charge is 2.10. The van der Waals surface area contributed by atoms with Crippen LogP contribution in [0.1, 0.15) is 38.8 Å². The molecule has 0 bridgehead atoms. The van der Waals surface area contributed by atoms with Crippen molar-refractivity contribution in [2.24, 2.45) is 5.73 Å². The molecule has 1 unspecified atom stereocenters. The SMILES string of the molecule is CC#CCC(N)c1ccc(OCC)c(OCC)c1. The first kappa shape index (κ1) is 14.4. The minimum Gasteiger partial charge on any atom is -0.490 e. The summed E-state index contributed by atoms with van der Waals surface area (Å²) in [6.07, 6.45) is 0.649. The third-order valence-electron chi connectivity index (χ3n) is 2.49. The predicted octanol–water partition coefficient (Wildman–Crippen LogP) is 2.90. The number of nitrogens with two attached hydrogens (primary N) is 1. The van der Waals surface area contributed by atoms with Gasteiger partial charge in [-0.3, -0.25) is 0 Å². The maximum Gasteiger partial charge on any atom is 0.161 e. The summed E-state index contributed by atoms with van der Waals surface area (Å²) >= 11 is 0. The van der Waals surface area contributed by atoms with Crippen molar-refractivity contribution in [1.82, 2.24) is 0 Å². The van der Waals surface area contributed by atoms with Crippen LogP contribution in [-0.2, 0) is 0 Å². The van der Waals surface area contributed by atoms with Gasteiger partial charge in [0, 0.05) is 12.5 Å². The van der Waals surface area contributed by atoms with Crippen molar-refractivity contribution in [3.05, 3.63) is 23.8 Å². The predicted molar refractivity (Wildman–Crippen MR) is 73.8 cm³/mol. The van der Waals surface area contributed by atoms with Crippen LogP contribution in [0.4, 0.5) is 0 Å². The highest BCUT2D eigenvalue weighted by atomic mass is 16.5. The molecule has 0 aliphatic carbocycles. The molecule has 18 heavy (non-hydrogen) atoms. The standard InChI is InChI=1S/C15H21NO2/c1-4-7-8-13(16)12-9-10-14(17-5-2)15(11-12)18-6-3/h9-11,13H,5-6,8,16H2,1-3H3. The summed E-state index contributed by atoms with van der Waals surface area (Å²) in [7, 11) is 0. The largest absolute Gasteiger partial charge is 0.490 e. The van der Waals surface area contributed by atoms with Gasteiger partial charge in [0.2, 0.25) is 0 Å². The Kier molecular flexibility index (Phi) is 6.10. The number of hydrogen-bond acceptors (Lipinski definition) is 3. The lowest BCUT2D eigenvalue weighted by atomic mass is 10.0. The molecule has 3 heteroatoms. The zero-order valence-corrected chi connectivity index (χ0v) is 11.3. The van der Waals surface area contributed by atoms with Gasteiger partial charge in [-0.1, -0.05) is 6.07 Å². The van der Waals surface area contributed by atoms with E-state index in [2.05, 4.69) is 11.8 Å². The van der Waals surface area contributed by atoms with E-state index in [0.717, 1.165) is 17.1 Å². The van der Waals surface area contributed by atoms with E-state index in [1.165, 1.54) is 0 Å². The minimum absolute atomic E-state index is 0.0904. The molecule has 1 atom stereocenters. The van der Waals surface area contributed by atoms with Gasteiger partial charge in [0.15, 0.2) is 11.5 Å². The van der Waals surface area contributed by atoms with Gasteiger partial charge >= 0.3 is 0 Å². The molecular weight excluding hydrogens is 226 g/mol. The van der Waals surface area contributed by atoms with Gasteiger partial charge in [-0.15, -0.1) is 11.8 Å². The van der Waals surface area contributed by atoms with Gasteiger partial charge in [0.1, 0.15) is 0 Å². The summed E-state index contributed by atoms with van der Waals surface area (Å²) < 4.78 is 11.1. The lowest BCUT2D eigenvalue weighted by Crippen LogP contribution is -2.10. The topological polar surface area (TPSA) is 44.5 Å². The number of ether oxygens (including phenoxy) is 2. The average Bonchev–Trinajstić information content (AvgIpc) is 2.38. The first-order chi connectivity index (χ1) is 8.72. The van der Waals surface area contributed by atoms with Crippen molar-refractivity contribution in [2.75, 3.05) is 13.2 Å². The van der Waals surface area contributed by atoms with Crippen LogP contribution in [0.25, 0.3) is 0 Å². The molecule has 1 rings (SSSR count). The van der Waals surface area contributed by atoms with Crippen LogP contribution < -0.4 is 15.2 Å². The molecule has 0 fully saturated rings. The second kappa shape index (κ2) is 7.62. The van der Waals surface area contributed by atoms with Gasteiger partial charge in [-0.05, 0) is 38.5 Å². The van der Waals surface area contributed by atoms with E-state index < -0.39 is 0 Å². The third kappa shape index (κ3) is 3.97. The van der Waals surface area contributed by atoms with Crippen LogP contribution in [0.5, 0.6) is 11.5 Å². The van der Waals surface area contributed by atoms with E-state index in [0.29, 0.717) is 19.6 Å². The van der Waals surface area contributed by atoms with Crippen molar-refractivity contribution in [2.45, 2.75) is 33.2 Å². The maximum absolute atomic E-state index is 6.07. The first-order valence-electron chi connectivity index (χ1n) is 6.27. The summed E-state index contributed by atoms with van der Waals surface area (Å²) in [5, 5.41) is 0. The summed E-state index contributed by atoms with van der Waals surface area (Å²) in [6.45, 7) is 6.94. The first-order valence-corrected chi connectivity index (χ1v) is 6.27. The third-order valence-corrected chi connectivity index (χ3v) is 2.49. The molecule has 0 amide bonds. The fraction of sp³-hybridized carbons (Fsp3) is 0.467. The average molecular weight is 247 g/mol. The fourth-order valence-corrected chi connectivity index (χ4v) is 1.63. The van der Waals surface area contributed by atoms with Gasteiger partial charge in [-0.25, -0.2) is 0 Å². The zero-order chi connectivity index (χ0) is 13.4. The summed E-state index contributed by atoms with van der Waals surface area (Å²) in [5.41, 5.74) is 7.09. The maximum atomic E-state index is 6.07. The van der Waals surface area contributed by atoms with Crippen LogP contribution in [0.3, 0.4) is 0 Å². The van der Waals surface area contributed by atoms with Crippen molar-refractivity contribution in [3.63, 3.8) is 0 Å². The second-order valence-electron chi connectivity index (χ2n) is 3.81. The van der Waals surface area contributed by atoms with Gasteiger partial charge in [-0.2, -0.15) is 0 Å². The Hall–Kier alpha value is -1.66. The van der Waals surface area contributed by atoms with Crippen LogP contribution in [0, 0.1) is 11.8 Å². The molecule has 0 aromatic heterocycles. The Labute approximate surface area is 109 Å². The van der Waals surface area contributed by atoms with Crippen LogP contribution in [-0.4, -0.2) is 13.2 Å². The Morgan fingerprint density at radius 2 is 1.83 bits per heavy atom. The monoisotopic (exact) mass is 247 g/mol. The molecule has 0 saturated heterocycles. The molecular formula is C15H21NO2. The van der Waals surface area contributed by atoms with Gasteiger partial charge in [0.25, 0.3) is 0 Å². The molecule has 1 aromatic carbocycles. The van der Waals surface area contributed by atoms with E-state index >= 15 is 0 Å². The Morgan fingerprint density at radius 3 is 2.44 bits per heavy atom. The second-order valence-corrected chi connectivity index (χ2v) is 3.81. The van der Waals surface area contributed by atoms with Crippen molar-refractivity contribution < 1.29 is 9.47 Å². The summed E-state index contributed by atoms with van der Waals surface area (Å²) in [4.78, 5) is 0. The summed E-state index contributed by atoms with van der Waals surface area (Å²) in [5.74, 6) is 7.35. The molecule has 0 spiro atoms. The van der Waals surface area contributed by atoms with E-state index in [-0.39, 0.29) is 6.04 Å². The molecule has 2 N–H and O–H groups in total.